The van der Waals surface area contributed by atoms with Gasteiger partial charge in [-0.2, -0.15) is 5.10 Å². The Morgan fingerprint density at radius 3 is 2.62 bits per heavy atom. The standard InChI is InChI=1S/C24H21F2N5O/c1-15-27-11-12-30(15)14-16-5-7-17(8-6-16)28-24(32)23-19-3-2-4-22(19)31(29-23)18-9-10-20(25)21(26)13-18/h5-13H,2-4,14H2,1H3,(H,28,32). The predicted octanol–water partition coefficient (Wildman–Crippen LogP) is 4.44. The van der Waals surface area contributed by atoms with E-state index in [4.69, 9.17) is 0 Å². The van der Waals surface area contributed by atoms with E-state index in [-0.39, 0.29) is 5.91 Å². The number of hydrogen-bond acceptors (Lipinski definition) is 3. The molecular formula is C24H21F2N5O. The van der Waals surface area contributed by atoms with E-state index in [0.717, 1.165) is 54.0 Å². The molecule has 0 saturated carbocycles. The van der Waals surface area contributed by atoms with E-state index in [1.807, 2.05) is 42.0 Å². The molecule has 0 saturated heterocycles. The third kappa shape index (κ3) is 3.68. The topological polar surface area (TPSA) is 64.7 Å². The molecule has 2 aromatic heterocycles. The van der Waals surface area contributed by atoms with E-state index >= 15 is 0 Å². The summed E-state index contributed by atoms with van der Waals surface area (Å²) in [6, 6.07) is 11.3. The second-order valence-corrected chi connectivity index (χ2v) is 7.89. The minimum absolute atomic E-state index is 0.317. The van der Waals surface area contributed by atoms with Crippen LogP contribution in [-0.4, -0.2) is 25.2 Å². The number of amides is 1. The molecule has 6 nitrogen and oxygen atoms in total. The molecule has 1 amide bonds. The van der Waals surface area contributed by atoms with Crippen molar-refractivity contribution in [2.75, 3.05) is 5.32 Å². The Hall–Kier alpha value is -3.81. The monoisotopic (exact) mass is 433 g/mol. The van der Waals surface area contributed by atoms with Gasteiger partial charge in [0.05, 0.1) is 5.69 Å². The third-order valence-corrected chi connectivity index (χ3v) is 5.78. The fraction of sp³-hybridized carbons (Fsp3) is 0.208. The highest BCUT2D eigenvalue weighted by molar-refractivity contribution is 6.04. The normalized spacial score (nSPS) is 12.7. The molecule has 0 unspecified atom stereocenters. The average molecular weight is 433 g/mol. The minimum atomic E-state index is -0.943. The van der Waals surface area contributed by atoms with Crippen molar-refractivity contribution in [3.8, 4) is 5.69 Å². The first kappa shape index (κ1) is 20.1. The van der Waals surface area contributed by atoms with Gasteiger partial charge in [0.15, 0.2) is 17.3 Å². The second-order valence-electron chi connectivity index (χ2n) is 7.89. The highest BCUT2D eigenvalue weighted by Gasteiger charge is 2.27. The van der Waals surface area contributed by atoms with Gasteiger partial charge in [-0.3, -0.25) is 4.79 Å². The number of nitrogens with zero attached hydrogens (tertiary/aromatic N) is 4. The first-order valence-corrected chi connectivity index (χ1v) is 10.4. The molecule has 162 valence electrons. The molecule has 0 spiro atoms. The maximum atomic E-state index is 13.7. The van der Waals surface area contributed by atoms with Crippen LogP contribution in [0.3, 0.4) is 0 Å². The Bertz CT molecular complexity index is 1310. The van der Waals surface area contributed by atoms with Gasteiger partial charge in [-0.15, -0.1) is 0 Å². The van der Waals surface area contributed by atoms with E-state index in [1.54, 1.807) is 10.9 Å². The lowest BCUT2D eigenvalue weighted by molar-refractivity contribution is 0.102. The third-order valence-electron chi connectivity index (χ3n) is 5.78. The lowest BCUT2D eigenvalue weighted by Crippen LogP contribution is -2.15. The zero-order valence-corrected chi connectivity index (χ0v) is 17.5. The van der Waals surface area contributed by atoms with E-state index < -0.39 is 11.6 Å². The number of aromatic nitrogens is 4. The number of fused-ring (bicyclic) bond motifs is 1. The molecule has 1 aliphatic carbocycles. The number of benzene rings is 2. The molecule has 0 bridgehead atoms. The molecule has 5 rings (SSSR count). The number of carbonyl (C=O) groups excluding carboxylic acids is 1. The molecule has 2 aromatic carbocycles. The molecule has 2 heterocycles. The van der Waals surface area contributed by atoms with Gasteiger partial charge in [0, 0.05) is 41.9 Å². The number of carbonyl (C=O) groups is 1. The first-order chi connectivity index (χ1) is 15.5. The number of aryl methyl sites for hydroxylation is 1. The zero-order valence-electron chi connectivity index (χ0n) is 17.5. The van der Waals surface area contributed by atoms with Gasteiger partial charge in [0.25, 0.3) is 5.91 Å². The summed E-state index contributed by atoms with van der Waals surface area (Å²) in [6.07, 6.45) is 6.04. The maximum Gasteiger partial charge on any atom is 0.276 e. The number of halogens is 2. The minimum Gasteiger partial charge on any atom is -0.331 e. The first-order valence-electron chi connectivity index (χ1n) is 10.4. The van der Waals surface area contributed by atoms with Crippen LogP contribution in [0.4, 0.5) is 14.5 Å². The van der Waals surface area contributed by atoms with Crippen molar-refractivity contribution in [3.05, 3.63) is 94.8 Å². The summed E-state index contributed by atoms with van der Waals surface area (Å²) in [7, 11) is 0. The Balaban J connectivity index is 1.37. The summed E-state index contributed by atoms with van der Waals surface area (Å²) in [6.45, 7) is 2.65. The van der Waals surface area contributed by atoms with Gasteiger partial charge in [-0.25, -0.2) is 18.4 Å². The summed E-state index contributed by atoms with van der Waals surface area (Å²) >= 11 is 0. The fourth-order valence-electron chi connectivity index (χ4n) is 4.10. The molecule has 1 aliphatic rings. The van der Waals surface area contributed by atoms with Crippen LogP contribution >= 0.6 is 0 Å². The van der Waals surface area contributed by atoms with Crippen LogP contribution < -0.4 is 5.32 Å². The van der Waals surface area contributed by atoms with Crippen molar-refractivity contribution in [3.63, 3.8) is 0 Å². The number of anilines is 1. The van der Waals surface area contributed by atoms with Gasteiger partial charge in [-0.1, -0.05) is 12.1 Å². The molecular weight excluding hydrogens is 412 g/mol. The van der Waals surface area contributed by atoms with Gasteiger partial charge in [0.1, 0.15) is 5.82 Å². The van der Waals surface area contributed by atoms with Crippen LogP contribution in [0.25, 0.3) is 5.69 Å². The van der Waals surface area contributed by atoms with Crippen LogP contribution in [0.5, 0.6) is 0 Å². The highest BCUT2D eigenvalue weighted by atomic mass is 19.2. The number of rotatable bonds is 5. The molecule has 0 aliphatic heterocycles. The van der Waals surface area contributed by atoms with Gasteiger partial charge in [0.2, 0.25) is 0 Å². The molecule has 0 fully saturated rings. The summed E-state index contributed by atoms with van der Waals surface area (Å²) in [5.41, 5.74) is 4.20. The average Bonchev–Trinajstić information content (AvgIpc) is 3.49. The Labute approximate surface area is 183 Å². The van der Waals surface area contributed by atoms with E-state index in [2.05, 4.69) is 15.4 Å². The largest absolute Gasteiger partial charge is 0.331 e. The van der Waals surface area contributed by atoms with Crippen molar-refractivity contribution in [1.82, 2.24) is 19.3 Å². The number of nitrogens with one attached hydrogen (secondary N) is 1. The van der Waals surface area contributed by atoms with Crippen molar-refractivity contribution >= 4 is 11.6 Å². The van der Waals surface area contributed by atoms with Gasteiger partial charge >= 0.3 is 0 Å². The second kappa shape index (κ2) is 8.03. The predicted molar refractivity (Wildman–Crippen MR) is 116 cm³/mol. The Morgan fingerprint density at radius 2 is 1.91 bits per heavy atom. The van der Waals surface area contributed by atoms with Crippen LogP contribution in [0.15, 0.2) is 54.9 Å². The van der Waals surface area contributed by atoms with Crippen molar-refractivity contribution < 1.29 is 13.6 Å². The summed E-state index contributed by atoms with van der Waals surface area (Å²) in [5.74, 6) is -1.24. The molecule has 1 N–H and O–H groups in total. The molecule has 8 heteroatoms. The smallest absolute Gasteiger partial charge is 0.276 e. The fourth-order valence-corrected chi connectivity index (χ4v) is 4.10. The number of hydrogen-bond donors (Lipinski definition) is 1. The van der Waals surface area contributed by atoms with Gasteiger partial charge < -0.3 is 9.88 Å². The quantitative estimate of drug-likeness (QED) is 0.506. The molecule has 32 heavy (non-hydrogen) atoms. The Morgan fingerprint density at radius 1 is 1.09 bits per heavy atom. The lowest BCUT2D eigenvalue weighted by Gasteiger charge is -2.08. The van der Waals surface area contributed by atoms with E-state index in [9.17, 15) is 13.6 Å². The van der Waals surface area contributed by atoms with Crippen molar-refractivity contribution in [2.45, 2.75) is 32.7 Å². The Kier molecular flexibility index (Phi) is 5.05. The molecule has 0 atom stereocenters. The zero-order chi connectivity index (χ0) is 22.2. The molecule has 4 aromatic rings. The van der Waals surface area contributed by atoms with Crippen molar-refractivity contribution in [1.29, 1.82) is 0 Å². The summed E-state index contributed by atoms with van der Waals surface area (Å²) in [4.78, 5) is 17.2. The van der Waals surface area contributed by atoms with Crippen molar-refractivity contribution in [2.24, 2.45) is 0 Å². The summed E-state index contributed by atoms with van der Waals surface area (Å²) in [5, 5.41) is 7.35. The van der Waals surface area contributed by atoms with E-state index in [0.29, 0.717) is 23.6 Å². The van der Waals surface area contributed by atoms with E-state index in [1.165, 1.54) is 6.07 Å². The SMILES string of the molecule is Cc1nccn1Cc1ccc(NC(=O)c2nn(-c3ccc(F)c(F)c3)c3c2CCC3)cc1. The maximum absolute atomic E-state index is 13.7. The van der Waals surface area contributed by atoms with Crippen LogP contribution in [0.1, 0.15) is 39.6 Å². The highest BCUT2D eigenvalue weighted by Crippen LogP contribution is 2.29. The van der Waals surface area contributed by atoms with Crippen LogP contribution in [0, 0.1) is 18.6 Å². The van der Waals surface area contributed by atoms with Crippen LogP contribution in [0.2, 0.25) is 0 Å². The molecule has 0 radical (unpaired) electrons. The summed E-state index contributed by atoms with van der Waals surface area (Å²) < 4.78 is 30.7. The number of imidazole rings is 1. The lowest BCUT2D eigenvalue weighted by atomic mass is 10.1. The van der Waals surface area contributed by atoms with Gasteiger partial charge in [-0.05, 0) is 56.0 Å². The van der Waals surface area contributed by atoms with Crippen LogP contribution in [-0.2, 0) is 19.4 Å².